The lowest BCUT2D eigenvalue weighted by Gasteiger charge is -2.32. The molecule has 0 N–H and O–H groups in total. The molecule has 0 aromatic heterocycles. The quantitative estimate of drug-likeness (QED) is 0.135. The number of hydrogen-bond donors (Lipinski definition) is 0. The number of nitrogens with zero attached hydrogens (tertiary/aromatic N) is 2. The lowest BCUT2D eigenvalue weighted by atomic mass is 9.80. The maximum Gasteiger partial charge on any atom is 0.253 e. The van der Waals surface area contributed by atoms with Crippen molar-refractivity contribution >= 4 is 55.9 Å². The highest BCUT2D eigenvalue weighted by atomic mass is 28.4. The van der Waals surface area contributed by atoms with Gasteiger partial charge >= 0.3 is 0 Å². The Hall–Kier alpha value is -2.75. The van der Waals surface area contributed by atoms with Gasteiger partial charge < -0.3 is 27.5 Å². The molecule has 8 nitrogen and oxygen atoms in total. The smallest absolute Gasteiger partial charge is 0.253 e. The molecule has 0 spiro atoms. The highest BCUT2D eigenvalue weighted by molar-refractivity contribution is 6.71. The number of carbonyl (C=O) groups is 2. The van der Waals surface area contributed by atoms with Crippen LogP contribution in [0.5, 0.6) is 11.5 Å². The molecule has 4 aliphatic carbocycles. The normalized spacial score (nSPS) is 13.5. The summed E-state index contributed by atoms with van der Waals surface area (Å²) < 4.78 is 27.0. The van der Waals surface area contributed by atoms with Crippen molar-refractivity contribution in [1.82, 2.24) is 9.80 Å². The third-order valence-corrected chi connectivity index (χ3v) is 12.0. The predicted molar refractivity (Wildman–Crippen MR) is 216 cm³/mol. The molecule has 0 radical (unpaired) electrons. The van der Waals surface area contributed by atoms with Gasteiger partial charge in [-0.3, -0.25) is 9.59 Å². The molecule has 0 unspecified atom stereocenters. The van der Waals surface area contributed by atoms with Gasteiger partial charge in [-0.2, -0.15) is 0 Å². The van der Waals surface area contributed by atoms with Gasteiger partial charge in [0.05, 0.1) is 13.2 Å². The van der Waals surface area contributed by atoms with Crippen LogP contribution in [0, 0.1) is 0 Å². The summed E-state index contributed by atoms with van der Waals surface area (Å²) in [6, 6.07) is 8.19. The van der Waals surface area contributed by atoms with E-state index in [0.29, 0.717) is 37.2 Å². The molecule has 4 bridgehead atoms. The van der Waals surface area contributed by atoms with E-state index < -0.39 is 33.3 Å². The van der Waals surface area contributed by atoms with Gasteiger partial charge in [-0.1, -0.05) is 0 Å². The Bertz CT molecular complexity index is 1800. The zero-order valence-electron chi connectivity index (χ0n) is 33.5. The van der Waals surface area contributed by atoms with Crippen LogP contribution in [0.1, 0.15) is 54.1 Å². The molecule has 50 heavy (non-hydrogen) atoms. The standard InChI is InChI=1S/C38H60N2O6Si4/c1-39(2)37(41)29-20-25-19-28-30(38(42)40(3)4)22-26(21-27(29)32(24-44-48(8,9)10)31(25)23-43-47(5,6)7)35-33(45-49(11,12)13)17-18-34(36(28)35)46-50(14,15)16/h17-18,20,22H,19,21,23-24H2,1-16H3. The summed E-state index contributed by atoms with van der Waals surface area (Å²) >= 11 is 0. The Morgan fingerprint density at radius 2 is 0.960 bits per heavy atom. The van der Waals surface area contributed by atoms with Crippen LogP contribution in [0.25, 0.3) is 10.8 Å². The first-order valence-electron chi connectivity index (χ1n) is 17.6. The molecule has 0 atom stereocenters. The largest absolute Gasteiger partial charge is 0.544 e. The molecule has 3 aromatic rings. The van der Waals surface area contributed by atoms with Crippen molar-refractivity contribution in [3.63, 3.8) is 0 Å². The van der Waals surface area contributed by atoms with Crippen LogP contribution in [0.3, 0.4) is 0 Å². The fourth-order valence-electron chi connectivity index (χ4n) is 6.23. The zero-order chi connectivity index (χ0) is 37.7. The number of benzene rings is 3. The third kappa shape index (κ3) is 9.56. The Balaban J connectivity index is 2.26. The molecule has 4 aliphatic rings. The Morgan fingerprint density at radius 3 is 1.40 bits per heavy atom. The van der Waals surface area contributed by atoms with Gasteiger partial charge in [-0.25, -0.2) is 0 Å². The topological polar surface area (TPSA) is 77.5 Å². The van der Waals surface area contributed by atoms with Crippen LogP contribution in [0.4, 0.5) is 0 Å². The molecule has 0 saturated carbocycles. The lowest BCUT2D eigenvalue weighted by Crippen LogP contribution is -2.31. The van der Waals surface area contributed by atoms with Gasteiger partial charge in [-0.05, 0) is 149 Å². The van der Waals surface area contributed by atoms with E-state index in [4.69, 9.17) is 17.7 Å². The SMILES string of the molecule is CN(C)C(=O)c1cc2c(CO[Si](C)(C)C)c(CO[Si](C)(C)C)c1Cc1cc(C(=O)N(C)C)c(c3c(O[Si](C)(C)C)ccc(O[Si](C)(C)C)c13)C2. The van der Waals surface area contributed by atoms with Gasteiger partial charge in [0, 0.05) is 50.1 Å². The van der Waals surface area contributed by atoms with Crippen LogP contribution in [0.15, 0.2) is 24.3 Å². The fraction of sp³-hybridized carbons (Fsp3) is 0.526. The number of carbonyl (C=O) groups excluding carboxylic acids is 2. The molecular formula is C38H60N2O6Si4. The van der Waals surface area contributed by atoms with Crippen molar-refractivity contribution in [2.45, 2.75) is 105 Å². The fourth-order valence-corrected chi connectivity index (χ4v) is 9.04. The highest BCUT2D eigenvalue weighted by Crippen LogP contribution is 2.45. The van der Waals surface area contributed by atoms with E-state index in [9.17, 15) is 9.59 Å². The van der Waals surface area contributed by atoms with Crippen molar-refractivity contribution in [2.24, 2.45) is 0 Å². The molecule has 7 rings (SSSR count). The zero-order valence-corrected chi connectivity index (χ0v) is 37.5. The molecule has 3 aromatic carbocycles. The summed E-state index contributed by atoms with van der Waals surface area (Å²) in [6.45, 7) is 27.0. The first-order valence-corrected chi connectivity index (χ1v) is 31.3. The summed E-state index contributed by atoms with van der Waals surface area (Å²) in [6.07, 6.45) is 0.810. The Kier molecular flexibility index (Phi) is 11.5. The molecule has 2 amide bonds. The monoisotopic (exact) mass is 752 g/mol. The predicted octanol–water partition coefficient (Wildman–Crippen LogP) is 8.87. The van der Waals surface area contributed by atoms with Crippen LogP contribution >= 0.6 is 0 Å². The molecule has 0 aliphatic heterocycles. The average Bonchev–Trinajstić information content (AvgIpc) is 2.95. The van der Waals surface area contributed by atoms with E-state index in [2.05, 4.69) is 90.7 Å². The maximum atomic E-state index is 14.2. The second kappa shape index (κ2) is 14.3. The van der Waals surface area contributed by atoms with E-state index in [0.717, 1.165) is 55.7 Å². The molecule has 0 fully saturated rings. The Morgan fingerprint density at radius 1 is 0.560 bits per heavy atom. The minimum absolute atomic E-state index is 0.0570. The lowest BCUT2D eigenvalue weighted by molar-refractivity contribution is 0.0818. The Labute approximate surface area is 305 Å². The maximum absolute atomic E-state index is 14.2. The minimum atomic E-state index is -2.09. The van der Waals surface area contributed by atoms with Crippen molar-refractivity contribution in [3.05, 3.63) is 68.8 Å². The molecular weight excluding hydrogens is 693 g/mol. The summed E-state index contributed by atoms with van der Waals surface area (Å²) in [5, 5.41) is 1.88. The number of rotatable bonds is 12. The van der Waals surface area contributed by atoms with Crippen LogP contribution in [-0.4, -0.2) is 83.1 Å². The summed E-state index contributed by atoms with van der Waals surface area (Å²) in [4.78, 5) is 31.6. The number of hydrogen-bond acceptors (Lipinski definition) is 6. The van der Waals surface area contributed by atoms with E-state index in [1.165, 1.54) is 0 Å². The van der Waals surface area contributed by atoms with Crippen molar-refractivity contribution < 1.29 is 27.3 Å². The van der Waals surface area contributed by atoms with Crippen molar-refractivity contribution in [2.75, 3.05) is 28.2 Å². The molecule has 0 saturated heterocycles. The van der Waals surface area contributed by atoms with Crippen LogP contribution in [0.2, 0.25) is 78.6 Å². The highest BCUT2D eigenvalue weighted by Gasteiger charge is 2.33. The molecule has 12 heteroatoms. The third-order valence-electron chi connectivity index (χ3n) is 8.29. The van der Waals surface area contributed by atoms with Crippen LogP contribution < -0.4 is 8.85 Å². The number of amides is 2. The molecule has 274 valence electrons. The van der Waals surface area contributed by atoms with Gasteiger partial charge in [0.1, 0.15) is 11.5 Å². The summed E-state index contributed by atoms with van der Waals surface area (Å²) in [7, 11) is -0.890. The van der Waals surface area contributed by atoms with E-state index in [1.54, 1.807) is 38.0 Å². The van der Waals surface area contributed by atoms with Crippen LogP contribution in [-0.2, 0) is 34.9 Å². The summed E-state index contributed by atoms with van der Waals surface area (Å²) in [5.74, 6) is 1.44. The van der Waals surface area contributed by atoms with Crippen molar-refractivity contribution in [1.29, 1.82) is 0 Å². The van der Waals surface area contributed by atoms with E-state index in [1.807, 2.05) is 12.1 Å². The second-order valence-corrected chi connectivity index (χ2v) is 35.8. The second-order valence-electron chi connectivity index (χ2n) is 17.9. The first-order chi connectivity index (χ1) is 22.8. The van der Waals surface area contributed by atoms with Gasteiger partial charge in [0.15, 0.2) is 16.6 Å². The van der Waals surface area contributed by atoms with E-state index in [-0.39, 0.29) is 11.8 Å². The van der Waals surface area contributed by atoms with E-state index >= 15 is 0 Å². The van der Waals surface area contributed by atoms with Gasteiger partial charge in [-0.15, -0.1) is 0 Å². The minimum Gasteiger partial charge on any atom is -0.544 e. The average molecular weight is 753 g/mol. The van der Waals surface area contributed by atoms with Gasteiger partial charge in [0.2, 0.25) is 16.6 Å². The summed E-state index contributed by atoms with van der Waals surface area (Å²) in [5.41, 5.74) is 7.05. The van der Waals surface area contributed by atoms with Crippen molar-refractivity contribution in [3.8, 4) is 11.5 Å². The molecule has 0 heterocycles. The van der Waals surface area contributed by atoms with Gasteiger partial charge in [0.25, 0.3) is 11.8 Å². The first kappa shape index (κ1) is 40.0.